The second-order valence-electron chi connectivity index (χ2n) is 12.6. The highest BCUT2D eigenvalue weighted by Crippen LogP contribution is 2.42. The second-order valence-corrected chi connectivity index (χ2v) is 13.4. The number of amides is 2. The number of rotatable bonds is 14. The molecular formula is C38H38Cl2FN7O5. The number of carbonyl (C=O) groups excluding carboxylic acids is 2. The topological polar surface area (TPSA) is 159 Å². The van der Waals surface area contributed by atoms with E-state index in [2.05, 4.69) is 31.2 Å². The van der Waals surface area contributed by atoms with E-state index in [1.165, 1.54) is 30.8 Å². The number of halogens is 3. The lowest BCUT2D eigenvalue weighted by Gasteiger charge is -2.16. The Kier molecular flexibility index (Phi) is 12.0. The third-order valence-electron chi connectivity index (χ3n) is 9.05. The van der Waals surface area contributed by atoms with Crippen LogP contribution in [0.1, 0.15) is 30.4 Å². The summed E-state index contributed by atoms with van der Waals surface area (Å²) in [6, 6.07) is 15.7. The number of ether oxygens (including phenoxy) is 1. The molecule has 0 spiro atoms. The zero-order valence-corrected chi connectivity index (χ0v) is 30.5. The van der Waals surface area contributed by atoms with Crippen LogP contribution in [0.25, 0.3) is 39.2 Å². The van der Waals surface area contributed by atoms with E-state index in [0.29, 0.717) is 62.0 Å². The average Bonchev–Trinajstić information content (AvgIpc) is 3.57. The van der Waals surface area contributed by atoms with E-state index in [-0.39, 0.29) is 66.6 Å². The molecule has 0 unspecified atom stereocenters. The normalized spacial score (nSPS) is 14.7. The lowest BCUT2D eigenvalue weighted by Crippen LogP contribution is -2.35. The van der Waals surface area contributed by atoms with Crippen LogP contribution in [-0.2, 0) is 22.7 Å². The molecule has 12 nitrogen and oxygen atoms in total. The fourth-order valence-corrected chi connectivity index (χ4v) is 6.91. The van der Waals surface area contributed by atoms with Crippen molar-refractivity contribution in [2.45, 2.75) is 44.5 Å². The molecule has 0 radical (unpaired) electrons. The van der Waals surface area contributed by atoms with Gasteiger partial charge in [-0.3, -0.25) is 18.8 Å². The molecule has 0 bridgehead atoms. The summed E-state index contributed by atoms with van der Waals surface area (Å²) in [5, 5.41) is 22.3. The fourth-order valence-electron chi connectivity index (χ4n) is 6.25. The molecule has 2 atom stereocenters. The molecule has 6 rings (SSSR count). The number of methoxy groups -OCH3 is 1. The SMILES string of the molecule is CNC(=O)C[C@H](O)CNCc1cnc2cc(-c3cccc(-c4cccc(-c5cc(F)c(CNC[C@H]6CCC(=O)N6)c(OC)n5)c4Cl)c3Cl)ccn2c1=O. The molecule has 3 aromatic heterocycles. The van der Waals surface area contributed by atoms with Gasteiger partial charge in [0.15, 0.2) is 0 Å². The molecule has 276 valence electrons. The van der Waals surface area contributed by atoms with Gasteiger partial charge in [0, 0.05) is 92.0 Å². The van der Waals surface area contributed by atoms with Crippen LogP contribution in [0.4, 0.5) is 4.39 Å². The van der Waals surface area contributed by atoms with Crippen molar-refractivity contribution in [3.8, 4) is 39.4 Å². The Bertz CT molecular complexity index is 2230. The van der Waals surface area contributed by atoms with Crippen molar-refractivity contribution in [2.24, 2.45) is 0 Å². The Morgan fingerprint density at radius 2 is 1.77 bits per heavy atom. The molecule has 4 heterocycles. The van der Waals surface area contributed by atoms with E-state index in [4.69, 9.17) is 27.9 Å². The largest absolute Gasteiger partial charge is 0.481 e. The highest BCUT2D eigenvalue weighted by molar-refractivity contribution is 6.39. The predicted molar refractivity (Wildman–Crippen MR) is 201 cm³/mol. The van der Waals surface area contributed by atoms with E-state index >= 15 is 4.39 Å². The Hall–Kier alpha value is -4.92. The van der Waals surface area contributed by atoms with Crippen molar-refractivity contribution in [2.75, 3.05) is 27.2 Å². The van der Waals surface area contributed by atoms with E-state index in [0.717, 1.165) is 6.42 Å². The minimum atomic E-state index is -0.894. The van der Waals surface area contributed by atoms with Gasteiger partial charge in [-0.2, -0.15) is 0 Å². The van der Waals surface area contributed by atoms with Crippen LogP contribution in [0.5, 0.6) is 5.88 Å². The van der Waals surface area contributed by atoms with E-state index in [1.807, 2.05) is 24.3 Å². The molecule has 1 aliphatic rings. The van der Waals surface area contributed by atoms with Gasteiger partial charge in [0.05, 0.1) is 40.9 Å². The van der Waals surface area contributed by atoms with Crippen LogP contribution < -0.4 is 31.6 Å². The predicted octanol–water partition coefficient (Wildman–Crippen LogP) is 4.50. The van der Waals surface area contributed by atoms with Crippen molar-refractivity contribution in [3.05, 3.63) is 104 Å². The maximum atomic E-state index is 15.6. The van der Waals surface area contributed by atoms with Crippen LogP contribution in [0.3, 0.4) is 0 Å². The Morgan fingerprint density at radius 1 is 1.06 bits per heavy atom. The number of aliphatic hydroxyl groups excluding tert-OH is 1. The number of hydrogen-bond donors (Lipinski definition) is 5. The van der Waals surface area contributed by atoms with Gasteiger partial charge in [-0.25, -0.2) is 14.4 Å². The fraction of sp³-hybridized carbons (Fsp3) is 0.289. The average molecular weight is 763 g/mol. The van der Waals surface area contributed by atoms with Crippen molar-refractivity contribution < 1.29 is 23.8 Å². The Labute approximate surface area is 314 Å². The summed E-state index contributed by atoms with van der Waals surface area (Å²) < 4.78 is 22.5. The summed E-state index contributed by atoms with van der Waals surface area (Å²) in [6.07, 6.45) is 3.37. The first-order chi connectivity index (χ1) is 25.6. The van der Waals surface area contributed by atoms with Crippen molar-refractivity contribution in [3.63, 3.8) is 0 Å². The van der Waals surface area contributed by atoms with E-state index < -0.39 is 11.9 Å². The summed E-state index contributed by atoms with van der Waals surface area (Å²) >= 11 is 14.1. The summed E-state index contributed by atoms with van der Waals surface area (Å²) in [5.41, 5.74) is 4.19. The first-order valence-electron chi connectivity index (χ1n) is 17.0. The van der Waals surface area contributed by atoms with Gasteiger partial charge >= 0.3 is 0 Å². The van der Waals surface area contributed by atoms with Crippen LogP contribution in [-0.4, -0.2) is 70.7 Å². The molecule has 1 saturated heterocycles. The number of carbonyl (C=O) groups is 2. The van der Waals surface area contributed by atoms with Gasteiger partial charge in [0.2, 0.25) is 17.7 Å². The lowest BCUT2D eigenvalue weighted by molar-refractivity contribution is -0.122. The summed E-state index contributed by atoms with van der Waals surface area (Å²) in [6.45, 7) is 0.945. The van der Waals surface area contributed by atoms with Crippen LogP contribution in [0.15, 0.2) is 71.8 Å². The molecule has 1 fully saturated rings. The standard InChI is InChI=1S/C38H38Cl2FN7O5/c1-42-34(51)14-24(49)19-43-16-22-17-45-32-13-21(11-12-48(32)38(22)52)25-5-3-6-26(35(25)39)27-7-4-8-28(36(27)40)31-15-30(41)29(37(47-31)53-2)20-44-18-23-9-10-33(50)46-23/h3-8,11-13,15,17,23-24,43-44,49H,9-10,14,16,18-20H2,1-2H3,(H,42,51)(H,46,50)/t23-,24+/m1/s1. The molecule has 5 aromatic rings. The Morgan fingerprint density at radius 3 is 2.47 bits per heavy atom. The third-order valence-corrected chi connectivity index (χ3v) is 9.87. The van der Waals surface area contributed by atoms with Crippen LogP contribution in [0, 0.1) is 5.82 Å². The van der Waals surface area contributed by atoms with Gasteiger partial charge in [0.1, 0.15) is 11.5 Å². The minimum absolute atomic E-state index is 0.00391. The summed E-state index contributed by atoms with van der Waals surface area (Å²) in [7, 11) is 2.93. The quantitative estimate of drug-likeness (QED) is 0.110. The van der Waals surface area contributed by atoms with Gasteiger partial charge in [-0.15, -0.1) is 0 Å². The minimum Gasteiger partial charge on any atom is -0.481 e. The maximum Gasteiger partial charge on any atom is 0.262 e. The number of nitrogens with one attached hydrogen (secondary N) is 4. The number of pyridine rings is 2. The molecule has 2 amide bonds. The first-order valence-corrected chi connectivity index (χ1v) is 17.7. The van der Waals surface area contributed by atoms with Crippen molar-refractivity contribution >= 4 is 40.7 Å². The summed E-state index contributed by atoms with van der Waals surface area (Å²) in [4.78, 5) is 45.3. The smallest absolute Gasteiger partial charge is 0.262 e. The molecule has 2 aromatic carbocycles. The number of hydrogen-bond acceptors (Lipinski definition) is 9. The van der Waals surface area contributed by atoms with Gasteiger partial charge in [-0.05, 0) is 24.1 Å². The molecule has 0 aliphatic carbocycles. The number of nitrogens with zero attached hydrogens (tertiary/aromatic N) is 3. The zero-order valence-electron chi connectivity index (χ0n) is 29.0. The van der Waals surface area contributed by atoms with Crippen molar-refractivity contribution in [1.29, 1.82) is 0 Å². The number of benzene rings is 2. The van der Waals surface area contributed by atoms with Gasteiger partial charge in [-0.1, -0.05) is 59.6 Å². The van der Waals surface area contributed by atoms with E-state index in [1.54, 1.807) is 30.5 Å². The number of aromatic nitrogens is 3. The van der Waals surface area contributed by atoms with Gasteiger partial charge < -0.3 is 31.1 Å². The van der Waals surface area contributed by atoms with E-state index in [9.17, 15) is 19.5 Å². The molecule has 1 aliphatic heterocycles. The molecule has 53 heavy (non-hydrogen) atoms. The molecule has 15 heteroatoms. The summed E-state index contributed by atoms with van der Waals surface area (Å²) in [5.74, 6) is -0.660. The first kappa shape index (κ1) is 37.8. The zero-order chi connectivity index (χ0) is 37.6. The third kappa shape index (κ3) is 8.50. The second kappa shape index (κ2) is 16.8. The Balaban J connectivity index is 1.23. The highest BCUT2D eigenvalue weighted by atomic mass is 35.5. The maximum absolute atomic E-state index is 15.6. The van der Waals surface area contributed by atoms with Crippen molar-refractivity contribution in [1.82, 2.24) is 35.6 Å². The van der Waals surface area contributed by atoms with Crippen LogP contribution in [0.2, 0.25) is 10.0 Å². The number of aliphatic hydroxyl groups is 1. The monoisotopic (exact) mass is 761 g/mol. The molecule has 5 N–H and O–H groups in total. The number of fused-ring (bicyclic) bond motifs is 1. The highest BCUT2D eigenvalue weighted by Gasteiger charge is 2.22. The molecule has 0 saturated carbocycles. The van der Waals surface area contributed by atoms with Gasteiger partial charge in [0.25, 0.3) is 5.56 Å². The van der Waals surface area contributed by atoms with Crippen LogP contribution >= 0.6 is 23.2 Å². The lowest BCUT2D eigenvalue weighted by atomic mass is 9.97. The molecular weight excluding hydrogens is 724 g/mol.